The first-order valence-electron chi connectivity index (χ1n) is 6.31. The highest BCUT2D eigenvalue weighted by Gasteiger charge is 2.47. The highest BCUT2D eigenvalue weighted by Crippen LogP contribution is 2.58. The smallest absolute Gasteiger partial charge is 0.387 e. The molecule has 1 saturated heterocycles. The fourth-order valence-electron chi connectivity index (χ4n) is 2.16. The summed E-state index contributed by atoms with van der Waals surface area (Å²) in [6.07, 6.45) is -6.60. The van der Waals surface area contributed by atoms with E-state index in [4.69, 9.17) is 14.5 Å². The number of H-pyrrole nitrogens is 1. The van der Waals surface area contributed by atoms with Gasteiger partial charge in [0.25, 0.3) is 5.56 Å². The third-order valence-electron chi connectivity index (χ3n) is 3.11. The van der Waals surface area contributed by atoms with Gasteiger partial charge in [-0.15, -0.1) is 0 Å². The van der Waals surface area contributed by atoms with Gasteiger partial charge < -0.3 is 29.6 Å². The average molecular weight is 388 g/mol. The molecule has 1 aromatic heterocycles. The van der Waals surface area contributed by atoms with Crippen LogP contribution in [0.3, 0.4) is 0 Å². The van der Waals surface area contributed by atoms with Crippen molar-refractivity contribution < 1.29 is 43.1 Å². The lowest BCUT2D eigenvalue weighted by atomic mass is 10.1. The first-order valence-corrected chi connectivity index (χ1v) is 9.61. The molecule has 0 spiro atoms. The van der Waals surface area contributed by atoms with Gasteiger partial charge in [0.2, 0.25) is 0 Å². The molecule has 24 heavy (non-hydrogen) atoms. The van der Waals surface area contributed by atoms with E-state index >= 15 is 0 Å². The summed E-state index contributed by atoms with van der Waals surface area (Å²) in [4.78, 5) is 51.1. The molecule has 1 aromatic rings. The van der Waals surface area contributed by atoms with Crippen LogP contribution in [0.15, 0.2) is 21.9 Å². The summed E-state index contributed by atoms with van der Waals surface area (Å²) in [6, 6.07) is 0.949. The van der Waals surface area contributed by atoms with Crippen molar-refractivity contribution in [1.82, 2.24) is 9.55 Å². The Morgan fingerprint density at radius 1 is 1.21 bits per heavy atom. The molecule has 15 heteroatoms. The van der Waals surface area contributed by atoms with Gasteiger partial charge in [-0.3, -0.25) is 18.9 Å². The molecule has 0 amide bonds. The summed E-state index contributed by atoms with van der Waals surface area (Å²) in [5.41, 5.74) is -1.67. The van der Waals surface area contributed by atoms with Gasteiger partial charge in [0.15, 0.2) is 6.23 Å². The van der Waals surface area contributed by atoms with Crippen LogP contribution >= 0.6 is 15.4 Å². The topological polar surface area (TPSA) is 209 Å². The van der Waals surface area contributed by atoms with Crippen LogP contribution in [0.1, 0.15) is 6.23 Å². The van der Waals surface area contributed by atoms with Gasteiger partial charge in [-0.05, 0) is 0 Å². The van der Waals surface area contributed by atoms with E-state index in [1.165, 1.54) is 0 Å². The summed E-state index contributed by atoms with van der Waals surface area (Å²) in [6.45, 7) is 0. The van der Waals surface area contributed by atoms with Crippen LogP contribution in [-0.4, -0.2) is 58.9 Å². The van der Waals surface area contributed by atoms with Crippen LogP contribution < -0.4 is 11.2 Å². The second-order valence-electron chi connectivity index (χ2n) is 4.96. The number of phosphoric acid groups is 1. The van der Waals surface area contributed by atoms with Gasteiger partial charge in [-0.25, -0.2) is 13.7 Å². The molecule has 0 aliphatic carbocycles. The molecule has 0 saturated carbocycles. The first kappa shape index (κ1) is 19.2. The van der Waals surface area contributed by atoms with Crippen molar-refractivity contribution in [3.05, 3.63) is 33.1 Å². The number of rotatable bonds is 5. The normalized spacial score (nSPS) is 30.2. The number of nitrogens with zero attached hydrogens (tertiary/aromatic N) is 1. The molecule has 0 aromatic carbocycles. The number of ether oxygens (including phenoxy) is 1. The Morgan fingerprint density at radius 2 is 1.83 bits per heavy atom. The molecule has 0 bridgehead atoms. The molecule has 1 aliphatic rings. The van der Waals surface area contributed by atoms with Crippen molar-refractivity contribution >= 4 is 15.4 Å². The molecule has 2 heterocycles. The Hall–Kier alpha value is -1.14. The predicted molar refractivity (Wildman–Crippen MR) is 75.1 cm³/mol. The van der Waals surface area contributed by atoms with E-state index in [0.717, 1.165) is 16.8 Å². The molecule has 1 aliphatic heterocycles. The Bertz CT molecular complexity index is 812. The first-order chi connectivity index (χ1) is 10.9. The van der Waals surface area contributed by atoms with Crippen LogP contribution in [0.2, 0.25) is 0 Å². The predicted octanol–water partition coefficient (Wildman–Crippen LogP) is -2.55. The summed E-state index contributed by atoms with van der Waals surface area (Å²) < 4.78 is 31.9. The van der Waals surface area contributed by atoms with Crippen molar-refractivity contribution in [2.75, 3.05) is 6.16 Å². The number of hydrogen-bond acceptors (Lipinski definition) is 8. The molecule has 1 fully saturated rings. The third kappa shape index (κ3) is 4.48. The van der Waals surface area contributed by atoms with Crippen molar-refractivity contribution in [2.45, 2.75) is 24.5 Å². The van der Waals surface area contributed by atoms with Crippen molar-refractivity contribution in [3.63, 3.8) is 0 Å². The Balaban J connectivity index is 2.21. The zero-order valence-corrected chi connectivity index (χ0v) is 13.5. The quantitative estimate of drug-likeness (QED) is 0.289. The lowest BCUT2D eigenvalue weighted by Crippen LogP contribution is -2.37. The van der Waals surface area contributed by atoms with Gasteiger partial charge in [0.1, 0.15) is 18.3 Å². The zero-order chi connectivity index (χ0) is 18.3. The van der Waals surface area contributed by atoms with Crippen molar-refractivity contribution in [1.29, 1.82) is 0 Å². The molecule has 5 atom stereocenters. The number of aromatic amines is 1. The molecular weight excluding hydrogens is 374 g/mol. The van der Waals surface area contributed by atoms with E-state index in [0.29, 0.717) is 0 Å². The van der Waals surface area contributed by atoms with Crippen molar-refractivity contribution in [3.8, 4) is 0 Å². The molecule has 2 rings (SSSR count). The summed E-state index contributed by atoms with van der Waals surface area (Å²) in [7, 11) is -10.1. The largest absolute Gasteiger partial charge is 0.476 e. The monoisotopic (exact) mass is 388 g/mol. The van der Waals surface area contributed by atoms with E-state index in [9.17, 15) is 33.8 Å². The van der Waals surface area contributed by atoms with Gasteiger partial charge in [0, 0.05) is 12.3 Å². The Labute approximate surface area is 132 Å². The van der Waals surface area contributed by atoms with Gasteiger partial charge in [-0.2, -0.15) is 0 Å². The van der Waals surface area contributed by atoms with Crippen LogP contribution in [0.5, 0.6) is 0 Å². The molecule has 0 radical (unpaired) electrons. The zero-order valence-electron chi connectivity index (χ0n) is 11.7. The Morgan fingerprint density at radius 3 is 2.38 bits per heavy atom. The summed E-state index contributed by atoms with van der Waals surface area (Å²) >= 11 is 0. The summed E-state index contributed by atoms with van der Waals surface area (Å²) in [5.74, 6) is 0. The maximum atomic E-state index is 11.7. The molecule has 1 unspecified atom stereocenters. The standard InChI is InChI=1S/C9H14N2O11P2/c12-5-1-2-11(9(15)10-5)8-7(14)6(13)4(21-8)3-23(16,17)22-24(18,19)20/h1-2,4,6-8,13-14H,3H2,(H,16,17)(H,10,12,15)(H2,18,19,20)/t4-,6-,7-,8-/m1/s1. The second kappa shape index (κ2) is 6.64. The fourth-order valence-corrected chi connectivity index (χ4v) is 4.52. The van der Waals surface area contributed by atoms with Gasteiger partial charge in [-0.1, -0.05) is 0 Å². The minimum Gasteiger partial charge on any atom is -0.387 e. The van der Waals surface area contributed by atoms with E-state index in [1.807, 2.05) is 4.98 Å². The Kier molecular flexibility index (Phi) is 5.31. The molecule has 13 nitrogen and oxygen atoms in total. The van der Waals surface area contributed by atoms with Crippen molar-refractivity contribution in [2.24, 2.45) is 0 Å². The maximum Gasteiger partial charge on any atom is 0.476 e. The minimum absolute atomic E-state index is 0.712. The highest BCUT2D eigenvalue weighted by atomic mass is 31.3. The summed E-state index contributed by atoms with van der Waals surface area (Å²) in [5, 5.41) is 19.8. The molecular formula is C9H14N2O11P2. The number of nitrogens with one attached hydrogen (secondary N) is 1. The lowest BCUT2D eigenvalue weighted by Gasteiger charge is -2.18. The van der Waals surface area contributed by atoms with E-state index in [-0.39, 0.29) is 0 Å². The fraction of sp³-hybridized carbons (Fsp3) is 0.556. The van der Waals surface area contributed by atoms with Crippen LogP contribution in [0, 0.1) is 0 Å². The highest BCUT2D eigenvalue weighted by molar-refractivity contribution is 7.63. The SMILES string of the molecule is O=c1ccn([C@@H]2O[C@H](CP(=O)(O)OP(=O)(O)O)[C@@H](O)[C@H]2O)c(=O)[nH]1. The van der Waals surface area contributed by atoms with Crippen LogP contribution in [-0.2, 0) is 18.2 Å². The number of aromatic nitrogens is 2. The van der Waals surface area contributed by atoms with E-state index in [1.54, 1.807) is 0 Å². The molecule has 6 N–H and O–H groups in total. The second-order valence-corrected chi connectivity index (χ2v) is 8.23. The van der Waals surface area contributed by atoms with E-state index in [2.05, 4.69) is 4.31 Å². The number of aliphatic hydroxyl groups excluding tert-OH is 2. The molecule has 136 valence electrons. The van der Waals surface area contributed by atoms with Gasteiger partial charge >= 0.3 is 21.1 Å². The lowest BCUT2D eigenvalue weighted by molar-refractivity contribution is -0.0351. The van der Waals surface area contributed by atoms with Gasteiger partial charge in [0.05, 0.1) is 6.16 Å². The maximum absolute atomic E-state index is 11.7. The average Bonchev–Trinajstić information content (AvgIpc) is 2.64. The number of hydrogen-bond donors (Lipinski definition) is 6. The van der Waals surface area contributed by atoms with E-state index < -0.39 is 57.4 Å². The van der Waals surface area contributed by atoms with Crippen LogP contribution in [0.25, 0.3) is 0 Å². The minimum atomic E-state index is -5.27. The van der Waals surface area contributed by atoms with Crippen LogP contribution in [0.4, 0.5) is 0 Å². The third-order valence-corrected chi connectivity index (χ3v) is 5.80. The number of aliphatic hydroxyl groups is 2.